The average molecular weight is 428 g/mol. The van der Waals surface area contributed by atoms with E-state index in [0.29, 0.717) is 17.5 Å². The van der Waals surface area contributed by atoms with Crippen molar-refractivity contribution in [3.63, 3.8) is 0 Å². The molecule has 0 saturated heterocycles. The maximum atomic E-state index is 13.9. The van der Waals surface area contributed by atoms with Gasteiger partial charge in [0.15, 0.2) is 0 Å². The number of fused-ring (bicyclic) bond motifs is 3. The summed E-state index contributed by atoms with van der Waals surface area (Å²) in [5, 5.41) is 2.68. The molecule has 8 heteroatoms. The second kappa shape index (κ2) is 7.87. The van der Waals surface area contributed by atoms with E-state index >= 15 is 0 Å². The number of anilines is 1. The quantitative estimate of drug-likeness (QED) is 0.677. The van der Waals surface area contributed by atoms with Gasteiger partial charge >= 0.3 is 0 Å². The van der Waals surface area contributed by atoms with E-state index in [1.165, 1.54) is 36.4 Å². The van der Waals surface area contributed by atoms with Crippen LogP contribution in [-0.2, 0) is 21.2 Å². The molecule has 0 saturated carbocycles. The van der Waals surface area contributed by atoms with E-state index in [4.69, 9.17) is 0 Å². The highest BCUT2D eigenvalue weighted by Gasteiger charge is 2.35. The summed E-state index contributed by atoms with van der Waals surface area (Å²) in [5.41, 5.74) is 1.92. The Morgan fingerprint density at radius 3 is 2.37 bits per heavy atom. The second-order valence-electron chi connectivity index (χ2n) is 6.90. The molecule has 4 rings (SSSR count). The van der Waals surface area contributed by atoms with Crippen LogP contribution < -0.4 is 9.62 Å². The highest BCUT2D eigenvalue weighted by atomic mass is 32.2. The maximum Gasteiger partial charge on any atom is 0.265 e. The number of carbonyl (C=O) groups is 1. The Balaban J connectivity index is 1.55. The number of hydrogen-bond donors (Lipinski definition) is 1. The van der Waals surface area contributed by atoms with Crippen molar-refractivity contribution in [3.8, 4) is 11.1 Å². The van der Waals surface area contributed by atoms with E-state index in [1.54, 1.807) is 30.3 Å². The van der Waals surface area contributed by atoms with Crippen LogP contribution in [0.25, 0.3) is 11.1 Å². The Morgan fingerprint density at radius 2 is 1.60 bits per heavy atom. The van der Waals surface area contributed by atoms with Crippen molar-refractivity contribution in [2.24, 2.45) is 0 Å². The van der Waals surface area contributed by atoms with Crippen LogP contribution in [-0.4, -0.2) is 27.4 Å². The SMILES string of the molecule is O=C(CN1c2ccc(F)cc2-c2ccccc2S1(=O)=O)NCCc1ccc(F)cc1. The molecule has 1 heterocycles. The van der Waals surface area contributed by atoms with Crippen molar-refractivity contribution >= 4 is 21.6 Å². The Labute approximate surface area is 173 Å². The summed E-state index contributed by atoms with van der Waals surface area (Å²) in [4.78, 5) is 12.5. The minimum Gasteiger partial charge on any atom is -0.354 e. The Hall–Kier alpha value is -3.26. The molecule has 0 spiro atoms. The third kappa shape index (κ3) is 3.78. The Kier molecular flexibility index (Phi) is 5.26. The zero-order valence-electron chi connectivity index (χ0n) is 15.8. The van der Waals surface area contributed by atoms with Crippen molar-refractivity contribution in [3.05, 3.63) is 83.9 Å². The van der Waals surface area contributed by atoms with E-state index in [1.807, 2.05) is 0 Å². The third-order valence-corrected chi connectivity index (χ3v) is 6.73. The monoisotopic (exact) mass is 428 g/mol. The minimum atomic E-state index is -3.98. The number of hydrogen-bond acceptors (Lipinski definition) is 3. The molecule has 0 unspecified atom stereocenters. The summed E-state index contributed by atoms with van der Waals surface area (Å²) < 4.78 is 54.1. The lowest BCUT2D eigenvalue weighted by Gasteiger charge is -2.31. The normalized spacial score (nSPS) is 14.0. The van der Waals surface area contributed by atoms with Crippen molar-refractivity contribution in [2.75, 3.05) is 17.4 Å². The van der Waals surface area contributed by atoms with E-state index < -0.39 is 28.3 Å². The van der Waals surface area contributed by atoms with Crippen molar-refractivity contribution < 1.29 is 22.0 Å². The molecule has 0 aromatic heterocycles. The lowest BCUT2D eigenvalue weighted by Crippen LogP contribution is -2.43. The first-order chi connectivity index (χ1) is 14.4. The van der Waals surface area contributed by atoms with Gasteiger partial charge in [0, 0.05) is 17.7 Å². The molecule has 1 aliphatic rings. The first-order valence-electron chi connectivity index (χ1n) is 9.29. The van der Waals surface area contributed by atoms with Gasteiger partial charge in [-0.05, 0) is 48.4 Å². The molecule has 1 aliphatic heterocycles. The summed E-state index contributed by atoms with van der Waals surface area (Å²) in [6.45, 7) is -0.163. The lowest BCUT2D eigenvalue weighted by molar-refractivity contribution is -0.119. The van der Waals surface area contributed by atoms with Crippen LogP contribution >= 0.6 is 0 Å². The molecule has 0 atom stereocenters. The molecule has 0 radical (unpaired) electrons. The van der Waals surface area contributed by atoms with Crippen LogP contribution in [0, 0.1) is 11.6 Å². The van der Waals surface area contributed by atoms with Gasteiger partial charge in [0.25, 0.3) is 10.0 Å². The van der Waals surface area contributed by atoms with E-state index in [2.05, 4.69) is 5.32 Å². The molecule has 1 amide bonds. The average Bonchev–Trinajstić information content (AvgIpc) is 2.73. The van der Waals surface area contributed by atoms with E-state index in [0.717, 1.165) is 9.87 Å². The fraction of sp³-hybridized carbons (Fsp3) is 0.136. The Bertz CT molecular complexity index is 1210. The number of rotatable bonds is 5. The molecular weight excluding hydrogens is 410 g/mol. The third-order valence-electron chi connectivity index (χ3n) is 4.91. The van der Waals surface area contributed by atoms with Gasteiger partial charge in [-0.1, -0.05) is 30.3 Å². The number of sulfonamides is 1. The smallest absolute Gasteiger partial charge is 0.265 e. The molecule has 30 heavy (non-hydrogen) atoms. The minimum absolute atomic E-state index is 0.0298. The molecule has 0 bridgehead atoms. The molecule has 3 aromatic rings. The second-order valence-corrected chi connectivity index (χ2v) is 8.73. The summed E-state index contributed by atoms with van der Waals surface area (Å²) in [6.07, 6.45) is 0.476. The fourth-order valence-corrected chi connectivity index (χ4v) is 5.11. The van der Waals surface area contributed by atoms with Crippen molar-refractivity contribution in [1.82, 2.24) is 5.32 Å². The van der Waals surface area contributed by atoms with Crippen LogP contribution in [0.4, 0.5) is 14.5 Å². The van der Waals surface area contributed by atoms with Gasteiger partial charge in [0.05, 0.1) is 10.6 Å². The molecule has 0 aliphatic carbocycles. The fourth-order valence-electron chi connectivity index (χ4n) is 3.46. The molecule has 0 fully saturated rings. The predicted molar refractivity (Wildman–Crippen MR) is 109 cm³/mol. The zero-order chi connectivity index (χ0) is 21.3. The van der Waals surface area contributed by atoms with Crippen molar-refractivity contribution in [1.29, 1.82) is 0 Å². The predicted octanol–water partition coefficient (Wildman–Crippen LogP) is 3.50. The van der Waals surface area contributed by atoms with Gasteiger partial charge in [-0.3, -0.25) is 9.10 Å². The standard InChI is InChI=1S/C22H18F2N2O3S/c23-16-7-5-15(6-8-16)11-12-25-22(27)14-26-20-10-9-17(24)13-19(20)18-3-1-2-4-21(18)30(26,28)29/h1-10,13H,11-12,14H2,(H,25,27). The lowest BCUT2D eigenvalue weighted by atomic mass is 10.0. The number of nitrogens with one attached hydrogen (secondary N) is 1. The van der Waals surface area contributed by atoms with Crippen LogP contribution in [0.1, 0.15) is 5.56 Å². The van der Waals surface area contributed by atoms with E-state index in [9.17, 15) is 22.0 Å². The number of nitrogens with zero attached hydrogens (tertiary/aromatic N) is 1. The first-order valence-corrected chi connectivity index (χ1v) is 10.7. The highest BCUT2D eigenvalue weighted by Crippen LogP contribution is 2.42. The maximum absolute atomic E-state index is 13.9. The number of benzene rings is 3. The molecule has 5 nitrogen and oxygen atoms in total. The summed E-state index contributed by atoms with van der Waals surface area (Å²) >= 11 is 0. The highest BCUT2D eigenvalue weighted by molar-refractivity contribution is 7.93. The largest absolute Gasteiger partial charge is 0.354 e. The van der Waals surface area contributed by atoms with Crippen molar-refractivity contribution in [2.45, 2.75) is 11.3 Å². The van der Waals surface area contributed by atoms with Gasteiger partial charge in [-0.2, -0.15) is 0 Å². The van der Waals surface area contributed by atoms with Crippen LogP contribution in [0.15, 0.2) is 71.6 Å². The van der Waals surface area contributed by atoms with Gasteiger partial charge in [-0.15, -0.1) is 0 Å². The van der Waals surface area contributed by atoms with Crippen LogP contribution in [0.2, 0.25) is 0 Å². The summed E-state index contributed by atoms with van der Waals surface area (Å²) in [7, 11) is -3.98. The van der Waals surface area contributed by atoms with Crippen LogP contribution in [0.5, 0.6) is 0 Å². The first kappa shape index (κ1) is 20.0. The zero-order valence-corrected chi connectivity index (χ0v) is 16.6. The van der Waals surface area contributed by atoms with Gasteiger partial charge in [0.1, 0.15) is 18.2 Å². The molecular formula is C22H18F2N2O3S. The molecule has 3 aromatic carbocycles. The van der Waals surface area contributed by atoms with E-state index in [-0.39, 0.29) is 22.9 Å². The van der Waals surface area contributed by atoms with Gasteiger partial charge in [0.2, 0.25) is 5.91 Å². The number of carbonyl (C=O) groups excluding carboxylic acids is 1. The van der Waals surface area contributed by atoms with Crippen LogP contribution in [0.3, 0.4) is 0 Å². The number of halogens is 2. The molecule has 1 N–H and O–H groups in total. The topological polar surface area (TPSA) is 66.5 Å². The summed E-state index contributed by atoms with van der Waals surface area (Å²) in [6, 6.07) is 16.0. The molecule has 154 valence electrons. The van der Waals surface area contributed by atoms with Gasteiger partial charge in [-0.25, -0.2) is 17.2 Å². The summed E-state index contributed by atoms with van der Waals surface area (Å²) in [5.74, 6) is -1.32. The van der Waals surface area contributed by atoms with Gasteiger partial charge < -0.3 is 5.32 Å². The Morgan fingerprint density at radius 1 is 0.900 bits per heavy atom. The number of amides is 1.